The van der Waals surface area contributed by atoms with Crippen molar-refractivity contribution in [2.24, 2.45) is 0 Å². The third-order valence-corrected chi connectivity index (χ3v) is 4.71. The Balaban J connectivity index is 1.42. The van der Waals surface area contributed by atoms with Crippen LogP contribution in [0.5, 0.6) is 0 Å². The Bertz CT molecular complexity index is 1010. The summed E-state index contributed by atoms with van der Waals surface area (Å²) in [7, 11) is 0. The summed E-state index contributed by atoms with van der Waals surface area (Å²) in [5.41, 5.74) is 0.515. The summed E-state index contributed by atoms with van der Waals surface area (Å²) in [5, 5.41) is 7.97. The SMILES string of the molecule is Cc1cc(NC(=O)CSCC(=O)OCC(=O)c2cccc3ccccc23)no1. The fourth-order valence-corrected chi connectivity index (χ4v) is 3.17. The number of hydrogen-bond donors (Lipinski definition) is 1. The number of ketones is 1. The molecule has 1 amide bonds. The lowest BCUT2D eigenvalue weighted by Gasteiger charge is -2.07. The van der Waals surface area contributed by atoms with Crippen LogP contribution in [0.3, 0.4) is 0 Å². The van der Waals surface area contributed by atoms with E-state index in [4.69, 9.17) is 9.26 Å². The summed E-state index contributed by atoms with van der Waals surface area (Å²) in [6, 6.07) is 14.5. The lowest BCUT2D eigenvalue weighted by Crippen LogP contribution is -2.18. The minimum atomic E-state index is -0.552. The molecule has 2 aromatic carbocycles. The summed E-state index contributed by atoms with van der Waals surface area (Å²) < 4.78 is 9.89. The molecular formula is C20H18N2O5S. The number of aryl methyl sites for hydroxylation is 1. The number of rotatable bonds is 8. The number of carbonyl (C=O) groups excluding carboxylic acids is 3. The summed E-state index contributed by atoms with van der Waals surface area (Å²) in [6.45, 7) is 1.38. The van der Waals surface area contributed by atoms with Crippen LogP contribution in [0.2, 0.25) is 0 Å². The van der Waals surface area contributed by atoms with E-state index in [1.54, 1.807) is 25.1 Å². The number of thioether (sulfide) groups is 1. The number of hydrogen-bond acceptors (Lipinski definition) is 7. The van der Waals surface area contributed by atoms with Gasteiger partial charge in [-0.25, -0.2) is 0 Å². The second kappa shape index (κ2) is 9.18. The maximum atomic E-state index is 12.4. The molecule has 0 fully saturated rings. The van der Waals surface area contributed by atoms with Crippen molar-refractivity contribution in [1.82, 2.24) is 5.16 Å². The van der Waals surface area contributed by atoms with Crippen molar-refractivity contribution in [3.05, 3.63) is 59.9 Å². The van der Waals surface area contributed by atoms with E-state index in [1.807, 2.05) is 30.3 Å². The van der Waals surface area contributed by atoms with Crippen molar-refractivity contribution in [2.45, 2.75) is 6.92 Å². The molecule has 0 atom stereocenters. The molecule has 7 nitrogen and oxygen atoms in total. The second-order valence-electron chi connectivity index (χ2n) is 5.97. The van der Waals surface area contributed by atoms with E-state index >= 15 is 0 Å². The molecule has 0 aliphatic heterocycles. The summed E-state index contributed by atoms with van der Waals surface area (Å²) in [4.78, 5) is 36.0. The standard InChI is InChI=1S/C20H18N2O5S/c1-13-9-18(22-27-13)21-19(24)11-28-12-20(25)26-10-17(23)16-8-4-6-14-5-2-3-7-15(14)16/h2-9H,10-12H2,1H3,(H,21,22,24). The van der Waals surface area contributed by atoms with Gasteiger partial charge in [0.15, 0.2) is 12.4 Å². The molecule has 28 heavy (non-hydrogen) atoms. The Morgan fingerprint density at radius 3 is 2.68 bits per heavy atom. The third kappa shape index (κ3) is 5.20. The largest absolute Gasteiger partial charge is 0.457 e. The minimum absolute atomic E-state index is 0.0337. The monoisotopic (exact) mass is 398 g/mol. The maximum Gasteiger partial charge on any atom is 0.316 e. The molecule has 0 spiro atoms. The second-order valence-corrected chi connectivity index (χ2v) is 6.96. The Morgan fingerprint density at radius 1 is 1.11 bits per heavy atom. The highest BCUT2D eigenvalue weighted by Gasteiger charge is 2.13. The number of aromatic nitrogens is 1. The van der Waals surface area contributed by atoms with E-state index < -0.39 is 5.97 Å². The van der Waals surface area contributed by atoms with E-state index in [-0.39, 0.29) is 29.8 Å². The van der Waals surface area contributed by atoms with Crippen LogP contribution in [0, 0.1) is 6.92 Å². The van der Waals surface area contributed by atoms with Crippen molar-refractivity contribution in [2.75, 3.05) is 23.4 Å². The zero-order valence-corrected chi connectivity index (χ0v) is 16.0. The van der Waals surface area contributed by atoms with Crippen LogP contribution in [-0.2, 0) is 14.3 Å². The number of nitrogens with zero attached hydrogens (tertiary/aromatic N) is 1. The Morgan fingerprint density at radius 2 is 1.89 bits per heavy atom. The molecule has 144 valence electrons. The van der Waals surface area contributed by atoms with Gasteiger partial charge in [0.1, 0.15) is 5.76 Å². The number of esters is 1. The van der Waals surface area contributed by atoms with Crippen molar-refractivity contribution >= 4 is 46.0 Å². The zero-order chi connectivity index (χ0) is 19.9. The highest BCUT2D eigenvalue weighted by molar-refractivity contribution is 8.00. The van der Waals surface area contributed by atoms with Crippen molar-refractivity contribution in [1.29, 1.82) is 0 Å². The lowest BCUT2D eigenvalue weighted by molar-refractivity contribution is -0.139. The molecule has 0 saturated heterocycles. The molecule has 3 aromatic rings. The van der Waals surface area contributed by atoms with Gasteiger partial charge in [-0.3, -0.25) is 14.4 Å². The molecule has 0 radical (unpaired) electrons. The molecule has 1 heterocycles. The fraction of sp³-hybridized carbons (Fsp3) is 0.200. The van der Waals surface area contributed by atoms with E-state index in [1.165, 1.54) is 0 Å². The van der Waals surface area contributed by atoms with Gasteiger partial charge in [0.05, 0.1) is 11.5 Å². The van der Waals surface area contributed by atoms with Crippen LogP contribution < -0.4 is 5.32 Å². The Labute approximate surface area is 165 Å². The van der Waals surface area contributed by atoms with Crippen molar-refractivity contribution in [3.63, 3.8) is 0 Å². The highest BCUT2D eigenvalue weighted by atomic mass is 32.2. The average Bonchev–Trinajstić information content (AvgIpc) is 3.10. The molecule has 0 saturated carbocycles. The first-order chi connectivity index (χ1) is 13.5. The number of anilines is 1. The summed E-state index contributed by atoms with van der Waals surface area (Å²) >= 11 is 1.09. The topological polar surface area (TPSA) is 98.5 Å². The van der Waals surface area contributed by atoms with E-state index in [2.05, 4.69) is 10.5 Å². The first-order valence-corrected chi connectivity index (χ1v) is 9.66. The maximum absolute atomic E-state index is 12.4. The van der Waals surface area contributed by atoms with Crippen molar-refractivity contribution < 1.29 is 23.6 Å². The van der Waals surface area contributed by atoms with Gasteiger partial charge >= 0.3 is 5.97 Å². The minimum Gasteiger partial charge on any atom is -0.457 e. The van der Waals surface area contributed by atoms with Crippen LogP contribution in [0.4, 0.5) is 5.82 Å². The van der Waals surface area contributed by atoms with Crippen LogP contribution in [0.1, 0.15) is 16.1 Å². The average molecular weight is 398 g/mol. The van der Waals surface area contributed by atoms with Gasteiger partial charge in [-0.2, -0.15) is 0 Å². The summed E-state index contributed by atoms with van der Waals surface area (Å²) in [5.74, 6) is -0.198. The number of fused-ring (bicyclic) bond motifs is 1. The quantitative estimate of drug-likeness (QED) is 0.459. The van der Waals surface area contributed by atoms with Gasteiger partial charge < -0.3 is 14.6 Å². The first-order valence-electron chi connectivity index (χ1n) is 8.50. The Kier molecular flexibility index (Phi) is 6.44. The number of carbonyl (C=O) groups is 3. The molecule has 8 heteroatoms. The molecular weight excluding hydrogens is 380 g/mol. The fourth-order valence-electron chi connectivity index (χ4n) is 2.57. The highest BCUT2D eigenvalue weighted by Crippen LogP contribution is 2.19. The number of benzene rings is 2. The third-order valence-electron chi connectivity index (χ3n) is 3.80. The predicted molar refractivity (Wildman–Crippen MR) is 106 cm³/mol. The van der Waals surface area contributed by atoms with Crippen LogP contribution in [-0.4, -0.2) is 40.9 Å². The summed E-state index contributed by atoms with van der Waals surface area (Å²) in [6.07, 6.45) is 0. The van der Waals surface area contributed by atoms with Gasteiger partial charge in [0.2, 0.25) is 11.7 Å². The molecule has 1 N–H and O–H groups in total. The van der Waals surface area contributed by atoms with E-state index in [9.17, 15) is 14.4 Å². The van der Waals surface area contributed by atoms with Gasteiger partial charge in [0, 0.05) is 11.6 Å². The molecule has 0 bridgehead atoms. The van der Waals surface area contributed by atoms with E-state index in [0.29, 0.717) is 17.1 Å². The molecule has 0 unspecified atom stereocenters. The van der Waals surface area contributed by atoms with E-state index in [0.717, 1.165) is 22.5 Å². The molecule has 3 rings (SSSR count). The smallest absolute Gasteiger partial charge is 0.316 e. The molecule has 1 aromatic heterocycles. The van der Waals surface area contributed by atoms with Gasteiger partial charge in [0.25, 0.3) is 0 Å². The number of nitrogens with one attached hydrogen (secondary N) is 1. The normalized spacial score (nSPS) is 10.6. The molecule has 0 aliphatic rings. The lowest BCUT2D eigenvalue weighted by atomic mass is 10.0. The number of Topliss-reactive ketones (excluding diaryl/α,β-unsaturated/α-hetero) is 1. The predicted octanol–water partition coefficient (Wildman–Crippen LogP) is 3.23. The molecule has 0 aliphatic carbocycles. The van der Waals surface area contributed by atoms with Gasteiger partial charge in [-0.05, 0) is 17.7 Å². The van der Waals surface area contributed by atoms with Crippen molar-refractivity contribution in [3.8, 4) is 0 Å². The van der Waals surface area contributed by atoms with Gasteiger partial charge in [-0.1, -0.05) is 47.6 Å². The van der Waals surface area contributed by atoms with Crippen LogP contribution in [0.15, 0.2) is 53.1 Å². The number of amides is 1. The van der Waals surface area contributed by atoms with Crippen LogP contribution in [0.25, 0.3) is 10.8 Å². The van der Waals surface area contributed by atoms with Crippen LogP contribution >= 0.6 is 11.8 Å². The van der Waals surface area contributed by atoms with Gasteiger partial charge in [-0.15, -0.1) is 11.8 Å². The zero-order valence-electron chi connectivity index (χ0n) is 15.1. The Hall–Kier alpha value is -3.13. The number of ether oxygens (including phenoxy) is 1. The first kappa shape index (κ1) is 19.6.